The summed E-state index contributed by atoms with van der Waals surface area (Å²) in [5.41, 5.74) is -0.557. The quantitative estimate of drug-likeness (QED) is 0.515. The zero-order valence-electron chi connectivity index (χ0n) is 16.4. The van der Waals surface area contributed by atoms with Crippen LogP contribution in [0.1, 0.15) is 63.0 Å². The van der Waals surface area contributed by atoms with Gasteiger partial charge in [0.2, 0.25) is 0 Å². The van der Waals surface area contributed by atoms with E-state index in [1.54, 1.807) is 0 Å². The number of ether oxygens (including phenoxy) is 2. The Labute approximate surface area is 164 Å². The first-order valence-corrected chi connectivity index (χ1v) is 10.5. The van der Waals surface area contributed by atoms with E-state index < -0.39 is 17.6 Å². The molecule has 1 aromatic rings. The van der Waals surface area contributed by atoms with Gasteiger partial charge in [-0.25, -0.2) is 4.39 Å². The lowest BCUT2D eigenvalue weighted by atomic mass is 9.79. The number of rotatable bonds is 6. The fraction of sp³-hybridized carbons (Fsp3) is 0.727. The van der Waals surface area contributed by atoms with Crippen molar-refractivity contribution in [2.75, 3.05) is 13.2 Å². The normalized spacial score (nSPS) is 29.0. The van der Waals surface area contributed by atoms with Crippen LogP contribution >= 0.6 is 0 Å². The van der Waals surface area contributed by atoms with Gasteiger partial charge in [0.1, 0.15) is 5.82 Å². The molecule has 1 saturated heterocycles. The maximum absolute atomic E-state index is 13.7. The summed E-state index contributed by atoms with van der Waals surface area (Å²) in [7, 11) is 0. The van der Waals surface area contributed by atoms with E-state index in [9.17, 15) is 17.6 Å². The minimum absolute atomic E-state index is 0.0851. The predicted octanol–water partition coefficient (Wildman–Crippen LogP) is 6.37. The largest absolute Gasteiger partial charge is 0.419 e. The van der Waals surface area contributed by atoms with Crippen LogP contribution in [0.3, 0.4) is 0 Å². The molecule has 0 atom stereocenters. The summed E-state index contributed by atoms with van der Waals surface area (Å²) in [6, 6.07) is 3.28. The topological polar surface area (TPSA) is 18.5 Å². The van der Waals surface area contributed by atoms with Crippen molar-refractivity contribution in [3.63, 3.8) is 0 Å². The number of aryl methyl sites for hydroxylation is 1. The van der Waals surface area contributed by atoms with Crippen LogP contribution in [0.2, 0.25) is 0 Å². The summed E-state index contributed by atoms with van der Waals surface area (Å²) in [6.45, 7) is 3.75. The van der Waals surface area contributed by atoms with Gasteiger partial charge >= 0.3 is 6.18 Å². The Morgan fingerprint density at radius 1 is 0.964 bits per heavy atom. The van der Waals surface area contributed by atoms with Crippen molar-refractivity contribution in [2.24, 2.45) is 17.8 Å². The van der Waals surface area contributed by atoms with Gasteiger partial charge in [-0.2, -0.15) is 13.2 Å². The van der Waals surface area contributed by atoms with E-state index in [4.69, 9.17) is 9.47 Å². The lowest BCUT2D eigenvalue weighted by Gasteiger charge is -2.37. The molecule has 2 nitrogen and oxygen atoms in total. The van der Waals surface area contributed by atoms with Gasteiger partial charge in [-0.15, -0.1) is 0 Å². The molecule has 2 aliphatic rings. The average Bonchev–Trinajstić information content (AvgIpc) is 2.67. The first-order valence-electron chi connectivity index (χ1n) is 10.5. The Kier molecular flexibility index (Phi) is 7.37. The van der Waals surface area contributed by atoms with Crippen molar-refractivity contribution in [3.8, 4) is 0 Å². The molecule has 0 bridgehead atoms. The fourth-order valence-corrected chi connectivity index (χ4v) is 4.47. The van der Waals surface area contributed by atoms with Gasteiger partial charge in [0.05, 0.1) is 18.8 Å². The van der Waals surface area contributed by atoms with Crippen LogP contribution in [0.5, 0.6) is 0 Å². The maximum Gasteiger partial charge on any atom is 0.419 e. The summed E-state index contributed by atoms with van der Waals surface area (Å²) in [5, 5.41) is 0. The molecule has 3 rings (SSSR count). The summed E-state index contributed by atoms with van der Waals surface area (Å²) < 4.78 is 63.5. The number of halogens is 4. The molecule has 2 fully saturated rings. The Hall–Kier alpha value is -1.14. The Morgan fingerprint density at radius 3 is 2.21 bits per heavy atom. The molecule has 0 spiro atoms. The van der Waals surface area contributed by atoms with E-state index in [0.29, 0.717) is 29.7 Å². The first-order chi connectivity index (χ1) is 13.4. The van der Waals surface area contributed by atoms with E-state index in [1.165, 1.54) is 6.07 Å². The third-order valence-electron chi connectivity index (χ3n) is 6.15. The maximum atomic E-state index is 13.7. The predicted molar refractivity (Wildman–Crippen MR) is 99.3 cm³/mol. The first kappa shape index (κ1) is 21.6. The van der Waals surface area contributed by atoms with Crippen LogP contribution in [-0.2, 0) is 22.1 Å². The van der Waals surface area contributed by atoms with Crippen LogP contribution in [-0.4, -0.2) is 19.5 Å². The fourth-order valence-electron chi connectivity index (χ4n) is 4.47. The second-order valence-corrected chi connectivity index (χ2v) is 8.32. The second kappa shape index (κ2) is 9.57. The molecule has 1 aliphatic carbocycles. The van der Waals surface area contributed by atoms with Gasteiger partial charge < -0.3 is 9.47 Å². The molecular formula is C22H30F4O2. The Balaban J connectivity index is 1.41. The highest BCUT2D eigenvalue weighted by molar-refractivity contribution is 5.26. The van der Waals surface area contributed by atoms with Crippen LogP contribution in [0.4, 0.5) is 17.6 Å². The van der Waals surface area contributed by atoms with Gasteiger partial charge in [-0.05, 0) is 68.6 Å². The second-order valence-electron chi connectivity index (χ2n) is 8.32. The molecule has 1 aromatic carbocycles. The van der Waals surface area contributed by atoms with Gasteiger partial charge in [0, 0.05) is 11.8 Å². The van der Waals surface area contributed by atoms with E-state index in [-0.39, 0.29) is 6.29 Å². The molecule has 1 heterocycles. The number of benzene rings is 1. The van der Waals surface area contributed by atoms with Crippen molar-refractivity contribution < 1.29 is 27.0 Å². The molecule has 0 N–H and O–H groups in total. The molecule has 0 unspecified atom stereocenters. The van der Waals surface area contributed by atoms with Crippen molar-refractivity contribution in [1.82, 2.24) is 0 Å². The zero-order valence-corrected chi connectivity index (χ0v) is 16.4. The molecular weight excluding hydrogens is 372 g/mol. The molecule has 28 heavy (non-hydrogen) atoms. The third-order valence-corrected chi connectivity index (χ3v) is 6.15. The molecule has 158 valence electrons. The summed E-state index contributed by atoms with van der Waals surface area (Å²) in [6.07, 6.45) is 3.29. The van der Waals surface area contributed by atoms with Crippen molar-refractivity contribution in [3.05, 3.63) is 35.1 Å². The van der Waals surface area contributed by atoms with Crippen LogP contribution in [0.15, 0.2) is 18.2 Å². The highest BCUT2D eigenvalue weighted by atomic mass is 19.4. The van der Waals surface area contributed by atoms with Crippen LogP contribution < -0.4 is 0 Å². The molecule has 1 saturated carbocycles. The van der Waals surface area contributed by atoms with Crippen molar-refractivity contribution >= 4 is 0 Å². The number of hydrogen-bond donors (Lipinski definition) is 0. The number of hydrogen-bond acceptors (Lipinski definition) is 2. The molecule has 6 heteroatoms. The molecule has 0 radical (unpaired) electrons. The van der Waals surface area contributed by atoms with Crippen molar-refractivity contribution in [2.45, 2.75) is 70.8 Å². The van der Waals surface area contributed by atoms with Crippen LogP contribution in [0, 0.1) is 23.6 Å². The smallest absolute Gasteiger partial charge is 0.352 e. The van der Waals surface area contributed by atoms with E-state index in [0.717, 1.165) is 70.3 Å². The summed E-state index contributed by atoms with van der Waals surface area (Å²) in [5.74, 6) is 0.295. The van der Waals surface area contributed by atoms with Gasteiger partial charge in [-0.3, -0.25) is 0 Å². The van der Waals surface area contributed by atoms with Crippen LogP contribution in [0.25, 0.3) is 0 Å². The summed E-state index contributed by atoms with van der Waals surface area (Å²) in [4.78, 5) is 0. The minimum atomic E-state index is -4.64. The monoisotopic (exact) mass is 402 g/mol. The molecule has 0 aromatic heterocycles. The van der Waals surface area contributed by atoms with Gasteiger partial charge in [0.25, 0.3) is 0 Å². The molecule has 1 aliphatic heterocycles. The Morgan fingerprint density at radius 2 is 1.64 bits per heavy atom. The third kappa shape index (κ3) is 5.69. The standard InChI is InChI=1S/C22H30F4O2/c1-2-3-17-13-27-21(28-14-17)18-9-6-15(7-10-18)4-5-16-8-11-19(20(23)12-16)22(24,25)26/h8,11-12,15,17-18,21H,2-7,9-10,13-14H2,1H3. The average molecular weight is 402 g/mol. The van der Waals surface area contributed by atoms with E-state index in [1.807, 2.05) is 0 Å². The van der Waals surface area contributed by atoms with E-state index >= 15 is 0 Å². The highest BCUT2D eigenvalue weighted by Crippen LogP contribution is 2.36. The lowest BCUT2D eigenvalue weighted by molar-refractivity contribution is -0.230. The SMILES string of the molecule is CCCC1COC(C2CCC(CCc3ccc(C(F)(F)F)c(F)c3)CC2)OC1. The van der Waals surface area contributed by atoms with Gasteiger partial charge in [-0.1, -0.05) is 19.4 Å². The molecule has 0 amide bonds. The number of alkyl halides is 3. The Bertz CT molecular complexity index is 615. The highest BCUT2D eigenvalue weighted by Gasteiger charge is 2.34. The van der Waals surface area contributed by atoms with Gasteiger partial charge in [0.15, 0.2) is 6.29 Å². The van der Waals surface area contributed by atoms with Crippen molar-refractivity contribution in [1.29, 1.82) is 0 Å². The minimum Gasteiger partial charge on any atom is -0.352 e. The van der Waals surface area contributed by atoms with E-state index in [2.05, 4.69) is 6.92 Å². The summed E-state index contributed by atoms with van der Waals surface area (Å²) >= 11 is 0. The zero-order chi connectivity index (χ0) is 20.1. The lowest BCUT2D eigenvalue weighted by Crippen LogP contribution is -2.38.